The Kier molecular flexibility index (Phi) is 3.20. The van der Waals surface area contributed by atoms with Crippen molar-refractivity contribution in [1.29, 1.82) is 0 Å². The van der Waals surface area contributed by atoms with Crippen molar-refractivity contribution in [1.82, 2.24) is 9.78 Å². The maximum Gasteiger partial charge on any atom is 0.355 e. The van der Waals surface area contributed by atoms with E-state index in [0.717, 1.165) is 12.4 Å². The average molecular weight is 331 g/mol. The van der Waals surface area contributed by atoms with Gasteiger partial charge in [0.25, 0.3) is 5.91 Å². The number of nitrogens with zero attached hydrogens (tertiary/aromatic N) is 4. The van der Waals surface area contributed by atoms with Gasteiger partial charge < -0.3 is 0 Å². The summed E-state index contributed by atoms with van der Waals surface area (Å²) in [6.45, 7) is 0.702. The first-order valence-electron chi connectivity index (χ1n) is 8.72. The van der Waals surface area contributed by atoms with Crippen LogP contribution in [0.25, 0.3) is 0 Å². The van der Waals surface area contributed by atoms with Crippen LogP contribution in [0, 0.1) is 0 Å². The van der Waals surface area contributed by atoms with Gasteiger partial charge in [-0.1, -0.05) is 60.7 Å². The number of hydrogen-bond acceptors (Lipinski definition) is 2. The largest absolute Gasteiger partial charge is 0.355 e. The van der Waals surface area contributed by atoms with E-state index in [1.807, 2.05) is 40.2 Å². The van der Waals surface area contributed by atoms with E-state index >= 15 is 0 Å². The van der Waals surface area contributed by atoms with Crippen molar-refractivity contribution in [2.75, 3.05) is 4.90 Å². The normalized spacial score (nSPS) is 21.9. The zero-order valence-corrected chi connectivity index (χ0v) is 13.8. The summed E-state index contributed by atoms with van der Waals surface area (Å²) >= 11 is 0. The second-order valence-electron chi connectivity index (χ2n) is 6.67. The molecule has 1 aromatic heterocycles. The zero-order valence-electron chi connectivity index (χ0n) is 13.8. The van der Waals surface area contributed by atoms with Gasteiger partial charge in [0.1, 0.15) is 12.1 Å². The van der Waals surface area contributed by atoms with Gasteiger partial charge in [-0.25, -0.2) is 9.47 Å². The Bertz CT molecular complexity index is 919. The Morgan fingerprint density at radius 1 is 0.920 bits per heavy atom. The summed E-state index contributed by atoms with van der Waals surface area (Å²) in [4.78, 5) is 14.7. The van der Waals surface area contributed by atoms with Gasteiger partial charge in [0.05, 0.1) is 13.0 Å². The van der Waals surface area contributed by atoms with E-state index in [9.17, 15) is 4.79 Å². The molecule has 2 aromatic carbocycles. The van der Waals surface area contributed by atoms with Crippen molar-refractivity contribution >= 4 is 11.9 Å². The standard InChI is InChI=1S/C20H19N4O/c25-19-11-12-22-14-21-24-18(16-9-5-2-6-10-16)13-17(23(19)20(22)24)15-7-3-1-4-8-15/h1-10,14,17-18H,11-13H2/q+1. The molecular formula is C20H19N4O+. The van der Waals surface area contributed by atoms with Gasteiger partial charge in [0.2, 0.25) is 6.33 Å². The van der Waals surface area contributed by atoms with Crippen molar-refractivity contribution in [3.05, 3.63) is 78.1 Å². The van der Waals surface area contributed by atoms with Gasteiger partial charge in [-0.2, -0.15) is 0 Å². The number of carbonyl (C=O) groups is 1. The van der Waals surface area contributed by atoms with E-state index in [4.69, 9.17) is 0 Å². The van der Waals surface area contributed by atoms with E-state index in [1.165, 1.54) is 11.1 Å². The zero-order chi connectivity index (χ0) is 16.8. The maximum absolute atomic E-state index is 12.8. The first-order valence-corrected chi connectivity index (χ1v) is 8.72. The highest BCUT2D eigenvalue weighted by Crippen LogP contribution is 2.42. The lowest BCUT2D eigenvalue weighted by molar-refractivity contribution is -0.686. The second kappa shape index (κ2) is 5.55. The van der Waals surface area contributed by atoms with Crippen molar-refractivity contribution in [3.63, 3.8) is 0 Å². The molecule has 0 bridgehead atoms. The van der Waals surface area contributed by atoms with E-state index < -0.39 is 0 Å². The Hall–Kier alpha value is -2.95. The topological polar surface area (TPSA) is 42.0 Å². The molecule has 124 valence electrons. The molecule has 2 atom stereocenters. The van der Waals surface area contributed by atoms with Crippen LogP contribution < -0.4 is 9.47 Å². The van der Waals surface area contributed by atoms with Gasteiger partial charge in [0.15, 0.2) is 0 Å². The van der Waals surface area contributed by atoms with Gasteiger partial charge in [-0.15, -0.1) is 4.68 Å². The molecule has 5 nitrogen and oxygen atoms in total. The van der Waals surface area contributed by atoms with Gasteiger partial charge in [-0.3, -0.25) is 4.79 Å². The maximum atomic E-state index is 12.8. The number of aromatic nitrogens is 3. The highest BCUT2D eigenvalue weighted by molar-refractivity contribution is 5.92. The molecule has 5 heteroatoms. The van der Waals surface area contributed by atoms with E-state index in [-0.39, 0.29) is 18.0 Å². The lowest BCUT2D eigenvalue weighted by Crippen LogP contribution is -2.54. The predicted octanol–water partition coefficient (Wildman–Crippen LogP) is 2.64. The molecule has 0 saturated heterocycles. The van der Waals surface area contributed by atoms with Crippen LogP contribution in [-0.4, -0.2) is 15.7 Å². The monoisotopic (exact) mass is 331 g/mol. The summed E-state index contributed by atoms with van der Waals surface area (Å²) in [5.41, 5.74) is 2.41. The summed E-state index contributed by atoms with van der Waals surface area (Å²) in [6, 6.07) is 20.9. The van der Waals surface area contributed by atoms with Crippen LogP contribution in [-0.2, 0) is 11.3 Å². The van der Waals surface area contributed by atoms with Crippen LogP contribution in [0.5, 0.6) is 0 Å². The van der Waals surface area contributed by atoms with E-state index in [2.05, 4.69) is 46.1 Å². The first-order chi connectivity index (χ1) is 12.3. The quantitative estimate of drug-likeness (QED) is 0.678. The molecule has 0 saturated carbocycles. The van der Waals surface area contributed by atoms with Gasteiger partial charge in [0, 0.05) is 6.42 Å². The molecule has 2 aliphatic rings. The fourth-order valence-electron chi connectivity index (χ4n) is 4.07. The second-order valence-corrected chi connectivity index (χ2v) is 6.67. The molecule has 2 unspecified atom stereocenters. The average Bonchev–Trinajstić information content (AvgIpc) is 3.10. The molecule has 2 aliphatic heterocycles. The third-order valence-electron chi connectivity index (χ3n) is 5.25. The minimum absolute atomic E-state index is 0.0367. The van der Waals surface area contributed by atoms with Crippen LogP contribution in [0.3, 0.4) is 0 Å². The summed E-state index contributed by atoms with van der Waals surface area (Å²) in [7, 11) is 0. The molecule has 0 spiro atoms. The number of rotatable bonds is 2. The molecule has 0 aliphatic carbocycles. The van der Waals surface area contributed by atoms with Gasteiger partial charge >= 0.3 is 5.95 Å². The SMILES string of the molecule is O=C1CC[n+]2cnn3c2N1C(c1ccccc1)CC3c1ccccc1. The van der Waals surface area contributed by atoms with Crippen LogP contribution in [0.2, 0.25) is 0 Å². The van der Waals surface area contributed by atoms with E-state index in [1.54, 1.807) is 0 Å². The Labute approximate surface area is 146 Å². The van der Waals surface area contributed by atoms with Crippen LogP contribution >= 0.6 is 0 Å². The lowest BCUT2D eigenvalue weighted by Gasteiger charge is -2.36. The summed E-state index contributed by atoms with van der Waals surface area (Å²) < 4.78 is 4.12. The number of carbonyl (C=O) groups excluding carboxylic acids is 1. The molecule has 0 fully saturated rings. The summed E-state index contributed by atoms with van der Waals surface area (Å²) in [6.07, 6.45) is 3.22. The molecule has 25 heavy (non-hydrogen) atoms. The molecular weight excluding hydrogens is 312 g/mol. The predicted molar refractivity (Wildman–Crippen MR) is 92.9 cm³/mol. The van der Waals surface area contributed by atoms with Crippen molar-refractivity contribution in [3.8, 4) is 0 Å². The number of aryl methyl sites for hydroxylation is 1. The van der Waals surface area contributed by atoms with E-state index in [0.29, 0.717) is 13.0 Å². The highest BCUT2D eigenvalue weighted by atomic mass is 16.2. The first kappa shape index (κ1) is 14.4. The smallest absolute Gasteiger partial charge is 0.261 e. The van der Waals surface area contributed by atoms with Crippen molar-refractivity contribution in [2.45, 2.75) is 31.5 Å². The van der Waals surface area contributed by atoms with Crippen molar-refractivity contribution < 1.29 is 9.36 Å². The number of benzene rings is 2. The summed E-state index contributed by atoms with van der Waals surface area (Å²) in [5, 5.41) is 4.62. The molecule has 5 rings (SSSR count). The number of hydrogen-bond donors (Lipinski definition) is 0. The molecule has 3 heterocycles. The number of anilines is 1. The molecule has 1 amide bonds. The number of amides is 1. The third-order valence-corrected chi connectivity index (χ3v) is 5.25. The summed E-state index contributed by atoms with van der Waals surface area (Å²) in [5.74, 6) is 1.09. The van der Waals surface area contributed by atoms with Gasteiger partial charge in [-0.05, 0) is 16.2 Å². The molecule has 3 aromatic rings. The third kappa shape index (κ3) is 2.19. The van der Waals surface area contributed by atoms with Crippen LogP contribution in [0.15, 0.2) is 67.0 Å². The van der Waals surface area contributed by atoms with Crippen molar-refractivity contribution in [2.24, 2.45) is 0 Å². The fraction of sp³-hybridized carbons (Fsp3) is 0.250. The van der Waals surface area contributed by atoms with Crippen LogP contribution in [0.4, 0.5) is 5.95 Å². The Morgan fingerprint density at radius 2 is 1.56 bits per heavy atom. The molecule has 0 N–H and O–H groups in total. The Balaban J connectivity index is 1.70. The fourth-order valence-corrected chi connectivity index (χ4v) is 4.07. The lowest BCUT2D eigenvalue weighted by atomic mass is 9.91. The molecule has 0 radical (unpaired) electrons. The highest BCUT2D eigenvalue weighted by Gasteiger charge is 2.47. The minimum Gasteiger partial charge on any atom is -0.261 e. The van der Waals surface area contributed by atoms with Crippen LogP contribution in [0.1, 0.15) is 36.1 Å². The Morgan fingerprint density at radius 3 is 2.24 bits per heavy atom. The minimum atomic E-state index is 0.0367.